The second-order valence-electron chi connectivity index (χ2n) is 6.00. The number of rotatable bonds is 5. The van der Waals surface area contributed by atoms with Crippen LogP contribution in [0.4, 0.5) is 0 Å². The molecule has 2 bridgehead atoms. The van der Waals surface area contributed by atoms with E-state index < -0.39 is 10.0 Å². The number of piperidine rings is 3. The Balaban J connectivity index is 1.63. The predicted octanol–water partition coefficient (Wildman–Crippen LogP) is 1.86. The van der Waals surface area contributed by atoms with Gasteiger partial charge >= 0.3 is 0 Å². The van der Waals surface area contributed by atoms with E-state index in [4.69, 9.17) is 0 Å². The third-order valence-electron chi connectivity index (χ3n) is 4.79. The number of benzene rings is 1. The van der Waals surface area contributed by atoms with Gasteiger partial charge in [-0.05, 0) is 43.4 Å². The monoisotopic (exact) mass is 306 g/mol. The molecule has 4 atom stereocenters. The van der Waals surface area contributed by atoms with E-state index in [1.54, 1.807) is 24.3 Å². The van der Waals surface area contributed by atoms with E-state index in [9.17, 15) is 8.42 Å². The van der Waals surface area contributed by atoms with Crippen molar-refractivity contribution in [2.75, 3.05) is 19.6 Å². The zero-order chi connectivity index (χ0) is 14.9. The lowest BCUT2D eigenvalue weighted by atomic mass is 9.76. The van der Waals surface area contributed by atoms with Crippen LogP contribution < -0.4 is 4.72 Å². The van der Waals surface area contributed by atoms with Crippen molar-refractivity contribution in [1.29, 1.82) is 0 Å². The maximum Gasteiger partial charge on any atom is 0.240 e. The summed E-state index contributed by atoms with van der Waals surface area (Å²) in [6, 6.07) is 8.89. The van der Waals surface area contributed by atoms with Crippen LogP contribution in [0.25, 0.3) is 0 Å². The Morgan fingerprint density at radius 2 is 2.10 bits per heavy atom. The molecule has 1 unspecified atom stereocenters. The first-order valence-electron chi connectivity index (χ1n) is 7.51. The van der Waals surface area contributed by atoms with Crippen LogP contribution in [-0.4, -0.2) is 39.0 Å². The highest BCUT2D eigenvalue weighted by molar-refractivity contribution is 7.89. The lowest BCUT2D eigenvalue weighted by Crippen LogP contribution is -2.56. The Labute approximate surface area is 126 Å². The van der Waals surface area contributed by atoms with E-state index in [0.717, 1.165) is 19.5 Å². The molecule has 4 nitrogen and oxygen atoms in total. The van der Waals surface area contributed by atoms with Crippen molar-refractivity contribution in [2.45, 2.75) is 23.8 Å². The molecule has 1 aromatic rings. The van der Waals surface area contributed by atoms with E-state index in [1.807, 2.05) is 6.07 Å². The predicted molar refractivity (Wildman–Crippen MR) is 83.4 cm³/mol. The molecule has 3 fully saturated rings. The van der Waals surface area contributed by atoms with Crippen molar-refractivity contribution < 1.29 is 8.42 Å². The normalized spacial score (nSPS) is 32.0. The van der Waals surface area contributed by atoms with Crippen LogP contribution >= 0.6 is 0 Å². The van der Waals surface area contributed by atoms with Gasteiger partial charge in [0.1, 0.15) is 0 Å². The minimum Gasteiger partial charge on any atom is -0.298 e. The number of fused-ring (bicyclic) bond motifs is 3. The minimum atomic E-state index is -3.39. The van der Waals surface area contributed by atoms with Gasteiger partial charge in [0.05, 0.1) is 4.90 Å². The highest BCUT2D eigenvalue weighted by Gasteiger charge is 2.38. The maximum absolute atomic E-state index is 12.3. The number of sulfonamides is 1. The number of hydrogen-bond donors (Lipinski definition) is 1. The maximum atomic E-state index is 12.3. The Bertz CT molecular complexity index is 600. The lowest BCUT2D eigenvalue weighted by Gasteiger charge is -2.49. The fraction of sp³-hybridized carbons (Fsp3) is 0.500. The van der Waals surface area contributed by atoms with Crippen molar-refractivity contribution in [3.63, 3.8) is 0 Å². The summed E-state index contributed by atoms with van der Waals surface area (Å²) in [5.41, 5.74) is 0. The zero-order valence-corrected chi connectivity index (χ0v) is 12.9. The smallest absolute Gasteiger partial charge is 0.240 e. The molecule has 21 heavy (non-hydrogen) atoms. The second-order valence-corrected chi connectivity index (χ2v) is 7.76. The summed E-state index contributed by atoms with van der Waals surface area (Å²) >= 11 is 0. The fourth-order valence-electron chi connectivity index (χ4n) is 3.55. The third-order valence-corrected chi connectivity index (χ3v) is 6.23. The zero-order valence-electron chi connectivity index (χ0n) is 12.1. The van der Waals surface area contributed by atoms with E-state index >= 15 is 0 Å². The average molecular weight is 306 g/mol. The molecule has 3 heterocycles. The van der Waals surface area contributed by atoms with Gasteiger partial charge in [-0.15, -0.1) is 6.58 Å². The second kappa shape index (κ2) is 5.91. The standard InChI is InChI=1S/C16H22N2O2S/c1-2-13-12-18-9-8-14(13)10-15(18)11-17-21(19,20)16-6-4-3-5-7-16/h2-7,13-15,17H,1,8-12H2/t13-,14-,15+/m0/s1. The molecule has 0 spiro atoms. The first-order valence-corrected chi connectivity index (χ1v) is 9.00. The van der Waals surface area contributed by atoms with Crippen LogP contribution in [0.1, 0.15) is 12.8 Å². The summed E-state index contributed by atoms with van der Waals surface area (Å²) in [5.74, 6) is 1.24. The Hall–Kier alpha value is -1.17. The first kappa shape index (κ1) is 14.8. The molecule has 5 heteroatoms. The Morgan fingerprint density at radius 1 is 1.33 bits per heavy atom. The summed E-state index contributed by atoms with van der Waals surface area (Å²) in [6.45, 7) is 6.51. The van der Waals surface area contributed by atoms with Crippen LogP contribution in [0, 0.1) is 11.8 Å². The molecule has 0 aromatic heterocycles. The van der Waals surface area contributed by atoms with Crippen LogP contribution in [0.5, 0.6) is 0 Å². The van der Waals surface area contributed by atoms with Crippen molar-refractivity contribution in [3.8, 4) is 0 Å². The molecule has 3 saturated heterocycles. The van der Waals surface area contributed by atoms with Gasteiger partial charge in [-0.25, -0.2) is 13.1 Å². The molecule has 3 aliphatic heterocycles. The van der Waals surface area contributed by atoms with Crippen LogP contribution in [0.3, 0.4) is 0 Å². The molecule has 0 radical (unpaired) electrons. The molecule has 0 aliphatic carbocycles. The fourth-order valence-corrected chi connectivity index (χ4v) is 4.64. The lowest BCUT2D eigenvalue weighted by molar-refractivity contribution is 0.0218. The number of nitrogens with one attached hydrogen (secondary N) is 1. The first-order chi connectivity index (χ1) is 10.1. The third kappa shape index (κ3) is 3.05. The van der Waals surface area contributed by atoms with Gasteiger partial charge in [0, 0.05) is 19.1 Å². The van der Waals surface area contributed by atoms with Gasteiger partial charge < -0.3 is 0 Å². The summed E-state index contributed by atoms with van der Waals surface area (Å²) in [6.07, 6.45) is 4.33. The molecule has 0 saturated carbocycles. The van der Waals surface area contributed by atoms with Gasteiger partial charge in [0.15, 0.2) is 0 Å². The van der Waals surface area contributed by atoms with E-state index in [-0.39, 0.29) is 0 Å². The summed E-state index contributed by atoms with van der Waals surface area (Å²) in [4.78, 5) is 2.74. The minimum absolute atomic E-state index is 0.318. The Morgan fingerprint density at radius 3 is 2.71 bits per heavy atom. The highest BCUT2D eigenvalue weighted by Crippen LogP contribution is 2.36. The van der Waals surface area contributed by atoms with Gasteiger partial charge in [0.2, 0.25) is 10.0 Å². The molecule has 0 amide bonds. The average Bonchev–Trinajstić information content (AvgIpc) is 2.54. The molecule has 1 aromatic carbocycles. The van der Waals surface area contributed by atoms with Crippen molar-refractivity contribution >= 4 is 10.0 Å². The van der Waals surface area contributed by atoms with Gasteiger partial charge in [-0.3, -0.25) is 4.90 Å². The van der Waals surface area contributed by atoms with Crippen LogP contribution in [0.2, 0.25) is 0 Å². The molecular weight excluding hydrogens is 284 g/mol. The van der Waals surface area contributed by atoms with Gasteiger partial charge in [0.25, 0.3) is 0 Å². The topological polar surface area (TPSA) is 49.4 Å². The largest absolute Gasteiger partial charge is 0.298 e. The van der Waals surface area contributed by atoms with Crippen molar-refractivity contribution in [1.82, 2.24) is 9.62 Å². The van der Waals surface area contributed by atoms with E-state index in [1.165, 1.54) is 6.42 Å². The van der Waals surface area contributed by atoms with E-state index in [0.29, 0.717) is 29.3 Å². The summed E-state index contributed by atoms with van der Waals surface area (Å²) in [7, 11) is -3.39. The summed E-state index contributed by atoms with van der Waals surface area (Å²) < 4.78 is 27.3. The van der Waals surface area contributed by atoms with Gasteiger partial charge in [-0.1, -0.05) is 24.3 Å². The molecule has 4 rings (SSSR count). The quantitative estimate of drug-likeness (QED) is 0.845. The molecule has 3 aliphatic rings. The van der Waals surface area contributed by atoms with Gasteiger partial charge in [-0.2, -0.15) is 0 Å². The molecule has 114 valence electrons. The van der Waals surface area contributed by atoms with Crippen LogP contribution in [-0.2, 0) is 10.0 Å². The van der Waals surface area contributed by atoms with Crippen molar-refractivity contribution in [3.05, 3.63) is 43.0 Å². The SMILES string of the molecule is C=C[C@H]1CN2CC[C@H]1C[C@@H]2CNS(=O)(=O)c1ccccc1. The number of hydrogen-bond acceptors (Lipinski definition) is 3. The highest BCUT2D eigenvalue weighted by atomic mass is 32.2. The molecule has 1 N–H and O–H groups in total. The van der Waals surface area contributed by atoms with Crippen molar-refractivity contribution in [2.24, 2.45) is 11.8 Å². The van der Waals surface area contributed by atoms with E-state index in [2.05, 4.69) is 22.3 Å². The summed E-state index contributed by atoms with van der Waals surface area (Å²) in [5, 5.41) is 0. The number of nitrogens with zero attached hydrogens (tertiary/aromatic N) is 1. The molecular formula is C16H22N2O2S. The van der Waals surface area contributed by atoms with Crippen LogP contribution in [0.15, 0.2) is 47.9 Å². The Kier molecular flexibility index (Phi) is 4.15.